The molecule has 0 aliphatic carbocycles. The van der Waals surface area contributed by atoms with Crippen LogP contribution < -0.4 is 5.73 Å². The highest BCUT2D eigenvalue weighted by Crippen LogP contribution is 2.35. The van der Waals surface area contributed by atoms with E-state index in [1.165, 1.54) is 10.9 Å². The minimum Gasteiger partial charge on any atom is -0.315 e. The number of nitrogens with two attached hydrogens (primary N) is 1. The molecule has 1 unspecified atom stereocenters. The van der Waals surface area contributed by atoms with E-state index in [0.717, 1.165) is 0 Å². The maximum atomic E-state index is 12.4. The lowest BCUT2D eigenvalue weighted by Crippen LogP contribution is -2.31. The van der Waals surface area contributed by atoms with E-state index in [-0.39, 0.29) is 16.8 Å². The summed E-state index contributed by atoms with van der Waals surface area (Å²) in [5, 5.41) is 3.69. The van der Waals surface area contributed by atoms with Gasteiger partial charge in [-0.2, -0.15) is 18.3 Å². The van der Waals surface area contributed by atoms with E-state index >= 15 is 0 Å². The summed E-state index contributed by atoms with van der Waals surface area (Å²) in [6, 6.07) is -2.32. The Morgan fingerprint density at radius 2 is 2.00 bits per heavy atom. The molecule has 0 bridgehead atoms. The Labute approximate surface area is 90.0 Å². The van der Waals surface area contributed by atoms with E-state index in [0.29, 0.717) is 0 Å². The third-order valence-electron chi connectivity index (χ3n) is 1.92. The molecule has 1 aromatic rings. The topological polar surface area (TPSA) is 43.8 Å². The Morgan fingerprint density at radius 3 is 2.40 bits per heavy atom. The molecule has 0 aliphatic rings. The van der Waals surface area contributed by atoms with Gasteiger partial charge in [-0.15, -0.1) is 0 Å². The van der Waals surface area contributed by atoms with Crippen LogP contribution >= 0.6 is 11.6 Å². The Kier molecular flexibility index (Phi) is 3.30. The first-order chi connectivity index (χ1) is 6.75. The van der Waals surface area contributed by atoms with Gasteiger partial charge >= 0.3 is 6.18 Å². The number of halogens is 4. The maximum absolute atomic E-state index is 12.4. The summed E-state index contributed by atoms with van der Waals surface area (Å²) >= 11 is 5.63. The third-order valence-corrected chi connectivity index (χ3v) is 2.21. The van der Waals surface area contributed by atoms with Crippen molar-refractivity contribution in [1.29, 1.82) is 0 Å². The molecule has 0 fully saturated rings. The van der Waals surface area contributed by atoms with Crippen LogP contribution in [0.25, 0.3) is 0 Å². The zero-order valence-electron chi connectivity index (χ0n) is 8.22. The van der Waals surface area contributed by atoms with E-state index in [1.54, 1.807) is 13.8 Å². The first kappa shape index (κ1) is 12.3. The van der Waals surface area contributed by atoms with Gasteiger partial charge in [0, 0.05) is 6.04 Å². The summed E-state index contributed by atoms with van der Waals surface area (Å²) in [6.07, 6.45) is -3.35. The fourth-order valence-electron chi connectivity index (χ4n) is 1.21. The lowest BCUT2D eigenvalue weighted by molar-refractivity contribution is -0.150. The second-order valence-corrected chi connectivity index (χ2v) is 3.84. The smallest absolute Gasteiger partial charge is 0.315 e. The van der Waals surface area contributed by atoms with Crippen molar-refractivity contribution in [2.45, 2.75) is 32.1 Å². The number of aromatic nitrogens is 2. The normalized spacial score (nSPS) is 14.7. The maximum Gasteiger partial charge on any atom is 0.409 e. The van der Waals surface area contributed by atoms with Crippen molar-refractivity contribution in [3.05, 3.63) is 16.9 Å². The quantitative estimate of drug-likeness (QED) is 0.865. The fraction of sp³-hybridized carbons (Fsp3) is 0.625. The fourth-order valence-corrected chi connectivity index (χ4v) is 1.46. The standard InChI is InChI=1S/C8H11ClF3N3/c1-4(2)15-6(5(9)3-14-15)7(13)8(10,11)12/h3-4,7H,13H2,1-2H3. The molecule has 0 spiro atoms. The molecule has 0 radical (unpaired) electrons. The van der Waals surface area contributed by atoms with Crippen LogP contribution in [-0.4, -0.2) is 16.0 Å². The minimum atomic E-state index is -4.52. The summed E-state index contributed by atoms with van der Waals surface area (Å²) < 4.78 is 38.4. The largest absolute Gasteiger partial charge is 0.409 e. The van der Waals surface area contributed by atoms with Crippen LogP contribution in [0.2, 0.25) is 5.02 Å². The summed E-state index contributed by atoms with van der Waals surface area (Å²) in [6.45, 7) is 3.41. The first-order valence-corrected chi connectivity index (χ1v) is 4.68. The van der Waals surface area contributed by atoms with Gasteiger partial charge in [0.15, 0.2) is 0 Å². The van der Waals surface area contributed by atoms with Crippen molar-refractivity contribution in [3.8, 4) is 0 Å². The molecule has 0 aromatic carbocycles. The van der Waals surface area contributed by atoms with Crippen molar-refractivity contribution in [1.82, 2.24) is 9.78 Å². The zero-order chi connectivity index (χ0) is 11.8. The molecule has 2 N–H and O–H groups in total. The third kappa shape index (κ3) is 2.43. The average molecular weight is 242 g/mol. The van der Waals surface area contributed by atoms with Crippen molar-refractivity contribution >= 4 is 11.6 Å². The Hall–Kier alpha value is -0.750. The lowest BCUT2D eigenvalue weighted by atomic mass is 10.2. The zero-order valence-corrected chi connectivity index (χ0v) is 8.97. The number of hydrogen-bond donors (Lipinski definition) is 1. The highest BCUT2D eigenvalue weighted by atomic mass is 35.5. The molecule has 3 nitrogen and oxygen atoms in total. The Bertz CT molecular complexity index is 345. The molecule has 0 aliphatic heterocycles. The average Bonchev–Trinajstić information content (AvgIpc) is 2.44. The highest BCUT2D eigenvalue weighted by Gasteiger charge is 2.41. The van der Waals surface area contributed by atoms with Crippen molar-refractivity contribution in [2.24, 2.45) is 5.73 Å². The molecule has 1 aromatic heterocycles. The van der Waals surface area contributed by atoms with Crippen LogP contribution in [0.15, 0.2) is 6.20 Å². The van der Waals surface area contributed by atoms with Gasteiger partial charge in [-0.3, -0.25) is 4.68 Å². The predicted octanol–water partition coefficient (Wildman–Crippen LogP) is 2.68. The highest BCUT2D eigenvalue weighted by molar-refractivity contribution is 6.31. The molecule has 86 valence electrons. The van der Waals surface area contributed by atoms with Gasteiger partial charge in [-0.05, 0) is 13.8 Å². The second kappa shape index (κ2) is 4.02. The SMILES string of the molecule is CC(C)n1ncc(Cl)c1C(N)C(F)(F)F. The molecular formula is C8H11ClF3N3. The van der Waals surface area contributed by atoms with Gasteiger partial charge in [0.05, 0.1) is 16.9 Å². The van der Waals surface area contributed by atoms with Crippen LogP contribution in [0, 0.1) is 0 Å². The number of hydrogen-bond acceptors (Lipinski definition) is 2. The summed E-state index contributed by atoms with van der Waals surface area (Å²) in [5.74, 6) is 0. The molecule has 1 heterocycles. The number of rotatable bonds is 2. The Balaban J connectivity index is 3.18. The molecular weight excluding hydrogens is 231 g/mol. The van der Waals surface area contributed by atoms with Crippen molar-refractivity contribution < 1.29 is 13.2 Å². The Morgan fingerprint density at radius 1 is 1.47 bits per heavy atom. The summed E-state index contributed by atoms with van der Waals surface area (Å²) in [5.41, 5.74) is 4.89. The van der Waals surface area contributed by atoms with Crippen LogP contribution in [0.5, 0.6) is 0 Å². The summed E-state index contributed by atoms with van der Waals surface area (Å²) in [4.78, 5) is 0. The monoisotopic (exact) mass is 241 g/mol. The molecule has 0 saturated carbocycles. The van der Waals surface area contributed by atoms with Gasteiger partial charge in [-0.1, -0.05) is 11.6 Å². The van der Waals surface area contributed by atoms with Crippen LogP contribution in [0.4, 0.5) is 13.2 Å². The van der Waals surface area contributed by atoms with Gasteiger partial charge in [0.2, 0.25) is 0 Å². The van der Waals surface area contributed by atoms with E-state index < -0.39 is 12.2 Å². The van der Waals surface area contributed by atoms with Gasteiger partial charge in [0.1, 0.15) is 6.04 Å². The first-order valence-electron chi connectivity index (χ1n) is 4.30. The molecule has 7 heteroatoms. The molecule has 1 atom stereocenters. The van der Waals surface area contributed by atoms with Crippen molar-refractivity contribution in [3.63, 3.8) is 0 Å². The van der Waals surface area contributed by atoms with E-state index in [9.17, 15) is 13.2 Å². The van der Waals surface area contributed by atoms with Crippen LogP contribution in [-0.2, 0) is 0 Å². The van der Waals surface area contributed by atoms with Crippen LogP contribution in [0.3, 0.4) is 0 Å². The minimum absolute atomic E-state index is 0.0616. The van der Waals surface area contributed by atoms with Gasteiger partial charge in [0.25, 0.3) is 0 Å². The van der Waals surface area contributed by atoms with Gasteiger partial charge in [-0.25, -0.2) is 0 Å². The summed E-state index contributed by atoms with van der Waals surface area (Å²) in [7, 11) is 0. The van der Waals surface area contributed by atoms with Crippen LogP contribution in [0.1, 0.15) is 31.6 Å². The van der Waals surface area contributed by atoms with Crippen molar-refractivity contribution in [2.75, 3.05) is 0 Å². The molecule has 1 rings (SSSR count). The molecule has 0 amide bonds. The molecule has 15 heavy (non-hydrogen) atoms. The van der Waals surface area contributed by atoms with E-state index in [4.69, 9.17) is 17.3 Å². The second-order valence-electron chi connectivity index (χ2n) is 3.44. The molecule has 0 saturated heterocycles. The van der Waals surface area contributed by atoms with Gasteiger partial charge < -0.3 is 5.73 Å². The number of nitrogens with zero attached hydrogens (tertiary/aromatic N) is 2. The number of alkyl halides is 3. The van der Waals surface area contributed by atoms with E-state index in [1.807, 2.05) is 0 Å². The van der Waals surface area contributed by atoms with E-state index in [2.05, 4.69) is 5.10 Å². The lowest BCUT2D eigenvalue weighted by Gasteiger charge is -2.19. The predicted molar refractivity (Wildman–Crippen MR) is 50.6 cm³/mol.